The summed E-state index contributed by atoms with van der Waals surface area (Å²) in [7, 11) is -3.02. The second-order valence-electron chi connectivity index (χ2n) is 4.30. The molecule has 2 atom stereocenters. The van der Waals surface area contributed by atoms with Crippen molar-refractivity contribution in [2.24, 2.45) is 0 Å². The Morgan fingerprint density at radius 2 is 2.18 bits per heavy atom. The highest BCUT2D eigenvalue weighted by molar-refractivity contribution is 7.91. The van der Waals surface area contributed by atoms with Crippen molar-refractivity contribution in [2.45, 2.75) is 25.4 Å². The molecule has 0 aromatic carbocycles. The molecular formula is C10H13Cl2NO2S2. The normalized spacial score (nSPS) is 28.9. The fourth-order valence-corrected chi connectivity index (χ4v) is 5.18. The van der Waals surface area contributed by atoms with Gasteiger partial charge in [-0.15, -0.1) is 11.3 Å². The van der Waals surface area contributed by atoms with Gasteiger partial charge in [-0.25, -0.2) is 8.42 Å². The minimum atomic E-state index is -3.02. The molecule has 1 aliphatic heterocycles. The summed E-state index contributed by atoms with van der Waals surface area (Å²) in [4.78, 5) is 0. The molecule has 1 aliphatic rings. The van der Waals surface area contributed by atoms with Crippen LogP contribution >= 0.6 is 34.5 Å². The van der Waals surface area contributed by atoms with Crippen LogP contribution in [-0.2, 0) is 9.84 Å². The molecule has 96 valence electrons. The van der Waals surface area contributed by atoms with Crippen molar-refractivity contribution in [3.05, 3.63) is 20.3 Å². The van der Waals surface area contributed by atoms with Gasteiger partial charge in [0.05, 0.1) is 20.2 Å². The van der Waals surface area contributed by atoms with Gasteiger partial charge >= 0.3 is 0 Å². The fraction of sp³-hybridized carbons (Fsp3) is 0.600. The predicted molar refractivity (Wildman–Crippen MR) is 72.9 cm³/mol. The summed E-state index contributed by atoms with van der Waals surface area (Å²) in [6.07, 6.45) is 0.633. The zero-order chi connectivity index (χ0) is 12.6. The maximum absolute atomic E-state index is 11.8. The Morgan fingerprint density at radius 1 is 1.47 bits per heavy atom. The second-order valence-corrected chi connectivity index (χ2v) is 8.82. The lowest BCUT2D eigenvalue weighted by Gasteiger charge is -2.18. The molecule has 1 aromatic rings. The zero-order valence-corrected chi connectivity index (χ0v) is 12.4. The van der Waals surface area contributed by atoms with E-state index >= 15 is 0 Å². The summed E-state index contributed by atoms with van der Waals surface area (Å²) in [5.41, 5.74) is 0.791. The third-order valence-corrected chi connectivity index (χ3v) is 6.04. The Kier molecular flexibility index (Phi) is 4.05. The van der Waals surface area contributed by atoms with E-state index in [1.807, 2.05) is 6.92 Å². The Hall–Kier alpha value is 0.190. The van der Waals surface area contributed by atoms with E-state index in [-0.39, 0.29) is 23.6 Å². The summed E-state index contributed by atoms with van der Waals surface area (Å²) >= 11 is 13.2. The highest BCUT2D eigenvalue weighted by Crippen LogP contribution is 2.36. The third kappa shape index (κ3) is 3.35. The van der Waals surface area contributed by atoms with Gasteiger partial charge < -0.3 is 5.32 Å². The molecule has 2 rings (SSSR count). The molecule has 0 bridgehead atoms. The maximum atomic E-state index is 11.8. The van der Waals surface area contributed by atoms with Crippen molar-refractivity contribution in [1.29, 1.82) is 0 Å². The van der Waals surface area contributed by atoms with E-state index in [0.29, 0.717) is 15.1 Å². The van der Waals surface area contributed by atoms with Crippen molar-refractivity contribution in [3.63, 3.8) is 0 Å². The van der Waals surface area contributed by atoms with Crippen LogP contribution < -0.4 is 5.32 Å². The van der Waals surface area contributed by atoms with E-state index in [4.69, 9.17) is 23.2 Å². The standard InChI is InChI=1S/C10H13Cl2NO2S2/c1-6-2-3-17(14,15)5-8(13-6)7-4-9(11)16-10(7)12/h4,6,8,13H,2-3,5H2,1H3. The van der Waals surface area contributed by atoms with Crippen molar-refractivity contribution in [1.82, 2.24) is 5.32 Å². The van der Waals surface area contributed by atoms with Crippen LogP contribution in [0.15, 0.2) is 6.07 Å². The van der Waals surface area contributed by atoms with Crippen LogP contribution in [0.2, 0.25) is 8.67 Å². The molecule has 1 fully saturated rings. The summed E-state index contributed by atoms with van der Waals surface area (Å²) in [6, 6.07) is 1.65. The summed E-state index contributed by atoms with van der Waals surface area (Å²) in [5.74, 6) is 0.317. The molecule has 1 N–H and O–H groups in total. The highest BCUT2D eigenvalue weighted by atomic mass is 35.5. The van der Waals surface area contributed by atoms with Crippen molar-refractivity contribution >= 4 is 44.4 Å². The Morgan fingerprint density at radius 3 is 2.76 bits per heavy atom. The summed E-state index contributed by atoms with van der Waals surface area (Å²) < 4.78 is 24.8. The number of halogens is 2. The lowest BCUT2D eigenvalue weighted by molar-refractivity contribution is 0.485. The van der Waals surface area contributed by atoms with Crippen LogP contribution in [-0.4, -0.2) is 26.0 Å². The molecule has 0 spiro atoms. The highest BCUT2D eigenvalue weighted by Gasteiger charge is 2.28. The van der Waals surface area contributed by atoms with Gasteiger partial charge in [0.2, 0.25) is 0 Å². The second kappa shape index (κ2) is 5.05. The summed E-state index contributed by atoms with van der Waals surface area (Å²) in [5, 5.41) is 3.29. The monoisotopic (exact) mass is 313 g/mol. The molecule has 1 aromatic heterocycles. The molecule has 7 heteroatoms. The maximum Gasteiger partial charge on any atom is 0.152 e. The van der Waals surface area contributed by atoms with Gasteiger partial charge in [-0.2, -0.15) is 0 Å². The number of hydrogen-bond acceptors (Lipinski definition) is 4. The van der Waals surface area contributed by atoms with Crippen LogP contribution in [0.3, 0.4) is 0 Å². The van der Waals surface area contributed by atoms with Gasteiger partial charge in [0.25, 0.3) is 0 Å². The van der Waals surface area contributed by atoms with E-state index in [9.17, 15) is 8.42 Å². The van der Waals surface area contributed by atoms with Gasteiger partial charge in [0.15, 0.2) is 9.84 Å². The minimum Gasteiger partial charge on any atom is -0.306 e. The van der Waals surface area contributed by atoms with Gasteiger partial charge in [-0.05, 0) is 19.4 Å². The number of sulfone groups is 1. The average molecular weight is 314 g/mol. The van der Waals surface area contributed by atoms with Crippen molar-refractivity contribution < 1.29 is 8.42 Å². The molecule has 3 nitrogen and oxygen atoms in total. The van der Waals surface area contributed by atoms with Gasteiger partial charge in [-0.3, -0.25) is 0 Å². The summed E-state index contributed by atoms with van der Waals surface area (Å²) in [6.45, 7) is 1.98. The first-order chi connectivity index (χ1) is 7.87. The van der Waals surface area contributed by atoms with Gasteiger partial charge in [0.1, 0.15) is 0 Å². The molecule has 17 heavy (non-hydrogen) atoms. The molecule has 2 unspecified atom stereocenters. The van der Waals surface area contributed by atoms with Crippen LogP contribution in [0.1, 0.15) is 24.9 Å². The van der Waals surface area contributed by atoms with E-state index in [2.05, 4.69) is 5.32 Å². The lowest BCUT2D eigenvalue weighted by atomic mass is 10.1. The fourth-order valence-electron chi connectivity index (χ4n) is 1.94. The molecule has 0 amide bonds. The molecule has 1 saturated heterocycles. The number of rotatable bonds is 1. The van der Waals surface area contributed by atoms with Crippen molar-refractivity contribution in [3.8, 4) is 0 Å². The first-order valence-electron chi connectivity index (χ1n) is 5.28. The van der Waals surface area contributed by atoms with Crippen LogP contribution in [0.4, 0.5) is 0 Å². The molecule has 0 radical (unpaired) electrons. The van der Waals surface area contributed by atoms with E-state index in [1.54, 1.807) is 6.07 Å². The lowest BCUT2D eigenvalue weighted by Crippen LogP contribution is -2.30. The van der Waals surface area contributed by atoms with E-state index < -0.39 is 9.84 Å². The van der Waals surface area contributed by atoms with E-state index in [1.165, 1.54) is 11.3 Å². The first kappa shape index (κ1) is 13.6. The quantitative estimate of drug-likeness (QED) is 0.867. The number of thiophene rings is 1. The zero-order valence-electron chi connectivity index (χ0n) is 9.24. The predicted octanol–water partition coefficient (Wildman–Crippen LogP) is 2.89. The largest absolute Gasteiger partial charge is 0.306 e. The molecule has 0 saturated carbocycles. The van der Waals surface area contributed by atoms with Gasteiger partial charge in [0, 0.05) is 17.6 Å². The number of hydrogen-bond donors (Lipinski definition) is 1. The van der Waals surface area contributed by atoms with Crippen LogP contribution in [0.5, 0.6) is 0 Å². The van der Waals surface area contributed by atoms with Crippen molar-refractivity contribution in [2.75, 3.05) is 11.5 Å². The minimum absolute atomic E-state index is 0.0874. The number of nitrogens with one attached hydrogen (secondary N) is 1. The topological polar surface area (TPSA) is 46.2 Å². The van der Waals surface area contributed by atoms with Gasteiger partial charge in [-0.1, -0.05) is 23.2 Å². The smallest absolute Gasteiger partial charge is 0.152 e. The Bertz CT molecular complexity index is 512. The Balaban J connectivity index is 2.33. The van der Waals surface area contributed by atoms with E-state index in [0.717, 1.165) is 5.56 Å². The first-order valence-corrected chi connectivity index (χ1v) is 8.68. The molecular weight excluding hydrogens is 301 g/mol. The Labute approximate surface area is 115 Å². The average Bonchev–Trinajstić information content (AvgIpc) is 2.46. The molecule has 0 aliphatic carbocycles. The van der Waals surface area contributed by atoms with Crippen LogP contribution in [0, 0.1) is 0 Å². The molecule has 2 heterocycles. The third-order valence-electron chi connectivity index (χ3n) is 2.83. The SMILES string of the molecule is CC1CCS(=O)(=O)CC(c2cc(Cl)sc2Cl)N1. The van der Waals surface area contributed by atoms with Crippen LogP contribution in [0.25, 0.3) is 0 Å².